The van der Waals surface area contributed by atoms with Crippen LogP contribution in [-0.4, -0.2) is 26.3 Å². The van der Waals surface area contributed by atoms with Gasteiger partial charge in [-0.2, -0.15) is 11.3 Å². The number of rotatable bonds is 5. The second kappa shape index (κ2) is 6.10. The highest BCUT2D eigenvalue weighted by molar-refractivity contribution is 7.15. The van der Waals surface area contributed by atoms with E-state index in [2.05, 4.69) is 25.7 Å². The molecule has 0 atom stereocenters. The van der Waals surface area contributed by atoms with Crippen LogP contribution >= 0.6 is 22.7 Å². The molecule has 3 heterocycles. The van der Waals surface area contributed by atoms with Gasteiger partial charge in [0.2, 0.25) is 22.8 Å². The summed E-state index contributed by atoms with van der Waals surface area (Å²) in [4.78, 5) is 11.8. The van der Waals surface area contributed by atoms with Gasteiger partial charge in [-0.05, 0) is 18.4 Å². The SMILES string of the molecule is Cc1nnc(NC(=O)CCc2nnc(-c3ccsc3)o2)s1. The summed E-state index contributed by atoms with van der Waals surface area (Å²) in [5, 5.41) is 23.4. The zero-order valence-corrected chi connectivity index (χ0v) is 12.7. The molecule has 0 spiro atoms. The number of carbonyl (C=O) groups excluding carboxylic acids is 1. The molecule has 0 bridgehead atoms. The summed E-state index contributed by atoms with van der Waals surface area (Å²) < 4.78 is 5.51. The van der Waals surface area contributed by atoms with Crippen molar-refractivity contribution in [1.82, 2.24) is 20.4 Å². The van der Waals surface area contributed by atoms with Gasteiger partial charge in [-0.25, -0.2) is 0 Å². The molecule has 0 unspecified atom stereocenters. The molecule has 0 aliphatic heterocycles. The molecule has 1 amide bonds. The molecule has 0 saturated carbocycles. The normalized spacial score (nSPS) is 10.7. The highest BCUT2D eigenvalue weighted by Gasteiger charge is 2.12. The van der Waals surface area contributed by atoms with Crippen molar-refractivity contribution in [3.05, 3.63) is 27.7 Å². The van der Waals surface area contributed by atoms with Crippen LogP contribution in [0.5, 0.6) is 0 Å². The molecule has 1 N–H and O–H groups in total. The molecular weight excluding hydrogens is 310 g/mol. The molecule has 21 heavy (non-hydrogen) atoms. The molecule has 7 nitrogen and oxygen atoms in total. The minimum atomic E-state index is -0.151. The van der Waals surface area contributed by atoms with E-state index < -0.39 is 0 Å². The fourth-order valence-electron chi connectivity index (χ4n) is 1.61. The number of aromatic nitrogens is 4. The predicted octanol–water partition coefficient (Wildman–Crippen LogP) is 2.53. The molecule has 108 valence electrons. The van der Waals surface area contributed by atoms with Crippen LogP contribution in [0.1, 0.15) is 17.3 Å². The molecule has 0 saturated heterocycles. The summed E-state index contributed by atoms with van der Waals surface area (Å²) in [6.45, 7) is 1.83. The monoisotopic (exact) mass is 321 g/mol. The Morgan fingerprint density at radius 3 is 2.95 bits per heavy atom. The van der Waals surface area contributed by atoms with Crippen molar-refractivity contribution < 1.29 is 9.21 Å². The number of thiophene rings is 1. The Kier molecular flexibility index (Phi) is 4.02. The number of anilines is 1. The Balaban J connectivity index is 1.54. The zero-order valence-electron chi connectivity index (χ0n) is 11.1. The first-order valence-electron chi connectivity index (χ1n) is 6.15. The van der Waals surface area contributed by atoms with Crippen molar-refractivity contribution in [2.24, 2.45) is 0 Å². The van der Waals surface area contributed by atoms with E-state index >= 15 is 0 Å². The molecule has 3 rings (SSSR count). The highest BCUT2D eigenvalue weighted by atomic mass is 32.1. The van der Waals surface area contributed by atoms with E-state index in [4.69, 9.17) is 4.42 Å². The first-order chi connectivity index (χ1) is 10.2. The van der Waals surface area contributed by atoms with Crippen molar-refractivity contribution in [1.29, 1.82) is 0 Å². The number of amides is 1. The average Bonchev–Trinajstić information content (AvgIpc) is 3.17. The van der Waals surface area contributed by atoms with Gasteiger partial charge in [-0.15, -0.1) is 20.4 Å². The quantitative estimate of drug-likeness (QED) is 0.776. The Morgan fingerprint density at radius 2 is 2.24 bits per heavy atom. The lowest BCUT2D eigenvalue weighted by atomic mass is 10.3. The van der Waals surface area contributed by atoms with E-state index in [-0.39, 0.29) is 12.3 Å². The summed E-state index contributed by atoms with van der Waals surface area (Å²) in [6.07, 6.45) is 0.644. The number of nitrogens with one attached hydrogen (secondary N) is 1. The summed E-state index contributed by atoms with van der Waals surface area (Å²) >= 11 is 2.90. The smallest absolute Gasteiger partial charge is 0.248 e. The third kappa shape index (κ3) is 3.50. The van der Waals surface area contributed by atoms with Crippen LogP contribution in [0.15, 0.2) is 21.2 Å². The number of hydrogen-bond donors (Lipinski definition) is 1. The predicted molar refractivity (Wildman–Crippen MR) is 79.2 cm³/mol. The van der Waals surface area contributed by atoms with Crippen LogP contribution in [0.25, 0.3) is 11.5 Å². The van der Waals surface area contributed by atoms with E-state index in [1.54, 1.807) is 11.3 Å². The van der Waals surface area contributed by atoms with Gasteiger partial charge in [0.25, 0.3) is 0 Å². The molecule has 0 radical (unpaired) electrons. The molecule has 3 aromatic rings. The van der Waals surface area contributed by atoms with Crippen LogP contribution in [0.3, 0.4) is 0 Å². The van der Waals surface area contributed by atoms with Crippen LogP contribution in [0.4, 0.5) is 5.13 Å². The summed E-state index contributed by atoms with van der Waals surface area (Å²) in [6, 6.07) is 1.91. The van der Waals surface area contributed by atoms with Gasteiger partial charge < -0.3 is 9.73 Å². The standard InChI is InChI=1S/C12H11N5O2S2/c1-7-14-17-12(21-7)13-9(18)2-3-10-15-16-11(19-10)8-4-5-20-6-8/h4-6H,2-3H2,1H3,(H,13,17,18). The molecule has 3 aromatic heterocycles. The third-order valence-electron chi connectivity index (χ3n) is 2.57. The van der Waals surface area contributed by atoms with Gasteiger partial charge in [0.05, 0.1) is 0 Å². The van der Waals surface area contributed by atoms with Crippen molar-refractivity contribution in [2.75, 3.05) is 5.32 Å². The number of hydrogen-bond acceptors (Lipinski definition) is 8. The van der Waals surface area contributed by atoms with Crippen molar-refractivity contribution in [3.63, 3.8) is 0 Å². The Morgan fingerprint density at radius 1 is 1.33 bits per heavy atom. The van der Waals surface area contributed by atoms with Crippen LogP contribution in [-0.2, 0) is 11.2 Å². The lowest BCUT2D eigenvalue weighted by molar-refractivity contribution is -0.116. The van der Waals surface area contributed by atoms with E-state index in [0.717, 1.165) is 10.6 Å². The molecule has 0 fully saturated rings. The number of nitrogens with zero attached hydrogens (tertiary/aromatic N) is 4. The highest BCUT2D eigenvalue weighted by Crippen LogP contribution is 2.21. The minimum absolute atomic E-state index is 0.151. The molecular formula is C12H11N5O2S2. The number of aryl methyl sites for hydroxylation is 2. The fraction of sp³-hybridized carbons (Fsp3) is 0.250. The first-order valence-corrected chi connectivity index (χ1v) is 7.91. The fourth-order valence-corrected chi connectivity index (χ4v) is 2.84. The van der Waals surface area contributed by atoms with Crippen molar-refractivity contribution in [3.8, 4) is 11.5 Å². The Labute approximate surface area is 128 Å². The maximum Gasteiger partial charge on any atom is 0.248 e. The van der Waals surface area contributed by atoms with E-state index in [1.165, 1.54) is 11.3 Å². The summed E-state index contributed by atoms with van der Waals surface area (Å²) in [7, 11) is 0. The van der Waals surface area contributed by atoms with Gasteiger partial charge in [0, 0.05) is 23.8 Å². The maximum absolute atomic E-state index is 11.8. The van der Waals surface area contributed by atoms with E-state index in [1.807, 2.05) is 23.8 Å². The molecule has 0 aliphatic rings. The largest absolute Gasteiger partial charge is 0.421 e. The third-order valence-corrected chi connectivity index (χ3v) is 4.01. The van der Waals surface area contributed by atoms with Crippen molar-refractivity contribution >= 4 is 33.7 Å². The second-order valence-electron chi connectivity index (χ2n) is 4.19. The Bertz CT molecular complexity index is 735. The van der Waals surface area contributed by atoms with Gasteiger partial charge in [-0.1, -0.05) is 11.3 Å². The molecule has 9 heteroatoms. The molecule has 0 aromatic carbocycles. The van der Waals surface area contributed by atoms with Gasteiger partial charge in [0.1, 0.15) is 5.01 Å². The number of carbonyl (C=O) groups is 1. The average molecular weight is 321 g/mol. The Hall–Kier alpha value is -2.13. The van der Waals surface area contributed by atoms with Crippen molar-refractivity contribution in [2.45, 2.75) is 19.8 Å². The van der Waals surface area contributed by atoms with E-state index in [9.17, 15) is 4.79 Å². The minimum Gasteiger partial charge on any atom is -0.421 e. The van der Waals surface area contributed by atoms with Gasteiger partial charge in [-0.3, -0.25) is 4.79 Å². The summed E-state index contributed by atoms with van der Waals surface area (Å²) in [5.41, 5.74) is 0.896. The lowest BCUT2D eigenvalue weighted by Gasteiger charge is -1.98. The van der Waals surface area contributed by atoms with Gasteiger partial charge in [0.15, 0.2) is 0 Å². The zero-order chi connectivity index (χ0) is 14.7. The van der Waals surface area contributed by atoms with Crippen LogP contribution < -0.4 is 5.32 Å². The lowest BCUT2D eigenvalue weighted by Crippen LogP contribution is -2.12. The summed E-state index contributed by atoms with van der Waals surface area (Å²) in [5.74, 6) is 0.771. The van der Waals surface area contributed by atoms with Crippen LogP contribution in [0, 0.1) is 6.92 Å². The second-order valence-corrected chi connectivity index (χ2v) is 6.15. The topological polar surface area (TPSA) is 93.8 Å². The van der Waals surface area contributed by atoms with Crippen LogP contribution in [0.2, 0.25) is 0 Å². The van der Waals surface area contributed by atoms with Gasteiger partial charge >= 0.3 is 0 Å². The first kappa shape index (κ1) is 13.8. The molecule has 0 aliphatic carbocycles. The maximum atomic E-state index is 11.8. The van der Waals surface area contributed by atoms with E-state index in [0.29, 0.717) is 23.3 Å².